The van der Waals surface area contributed by atoms with Crippen LogP contribution in [-0.2, 0) is 22.1 Å². The van der Waals surface area contributed by atoms with E-state index in [1.165, 1.54) is 30.6 Å². The molecule has 1 N–H and O–H groups in total. The summed E-state index contributed by atoms with van der Waals surface area (Å²) in [6, 6.07) is 6.42. The van der Waals surface area contributed by atoms with Gasteiger partial charge in [0.15, 0.2) is 0 Å². The summed E-state index contributed by atoms with van der Waals surface area (Å²) in [5, 5.41) is 2.50. The maximum absolute atomic E-state index is 12.6. The Morgan fingerprint density at radius 1 is 1.20 bits per heavy atom. The van der Waals surface area contributed by atoms with Crippen molar-refractivity contribution in [2.24, 2.45) is 0 Å². The predicted octanol–water partition coefficient (Wildman–Crippen LogP) is 2.61. The second-order valence-electron chi connectivity index (χ2n) is 5.19. The zero-order valence-electron chi connectivity index (χ0n) is 13.2. The summed E-state index contributed by atoms with van der Waals surface area (Å²) in [6.07, 6.45) is -1.61. The zero-order chi connectivity index (χ0) is 18.4. The highest BCUT2D eigenvalue weighted by Gasteiger charge is 2.30. The average molecular weight is 352 g/mol. The van der Waals surface area contributed by atoms with E-state index in [4.69, 9.17) is 0 Å². The molecule has 1 heterocycles. The van der Waals surface area contributed by atoms with Gasteiger partial charge in [-0.05, 0) is 29.8 Å². The standard InChI is InChI=1S/C17H15F3N2O3/c1-25-16(24)14(22-15(23)12-3-2-8-21-10-12)9-11-4-6-13(7-5-11)17(18,19)20/h2-8,10,14H,9H2,1H3,(H,22,23)/t14-/m0/s1. The van der Waals surface area contributed by atoms with Gasteiger partial charge in [0, 0.05) is 18.8 Å². The van der Waals surface area contributed by atoms with Crippen molar-refractivity contribution >= 4 is 11.9 Å². The molecule has 1 atom stereocenters. The molecule has 5 nitrogen and oxygen atoms in total. The molecule has 1 aromatic carbocycles. The smallest absolute Gasteiger partial charge is 0.416 e. The lowest BCUT2D eigenvalue weighted by molar-refractivity contribution is -0.143. The number of hydrogen-bond acceptors (Lipinski definition) is 4. The fourth-order valence-corrected chi connectivity index (χ4v) is 2.14. The number of carbonyl (C=O) groups excluding carboxylic acids is 2. The first-order valence-corrected chi connectivity index (χ1v) is 7.26. The van der Waals surface area contributed by atoms with Crippen LogP contribution in [0, 0.1) is 0 Å². The van der Waals surface area contributed by atoms with E-state index >= 15 is 0 Å². The lowest BCUT2D eigenvalue weighted by atomic mass is 10.0. The predicted molar refractivity (Wildman–Crippen MR) is 82.7 cm³/mol. The number of halogens is 3. The molecule has 0 aliphatic rings. The fourth-order valence-electron chi connectivity index (χ4n) is 2.14. The molecule has 0 spiro atoms. The lowest BCUT2D eigenvalue weighted by Gasteiger charge is -2.17. The van der Waals surface area contributed by atoms with E-state index in [1.807, 2.05) is 0 Å². The molecule has 1 aromatic heterocycles. The molecule has 1 amide bonds. The molecule has 0 saturated carbocycles. The molecule has 0 aliphatic carbocycles. The Labute approximate surface area is 141 Å². The van der Waals surface area contributed by atoms with Gasteiger partial charge in [0.2, 0.25) is 0 Å². The topological polar surface area (TPSA) is 68.3 Å². The molecule has 0 aliphatic heterocycles. The van der Waals surface area contributed by atoms with Crippen LogP contribution in [0.4, 0.5) is 13.2 Å². The number of ether oxygens (including phenoxy) is 1. The Morgan fingerprint density at radius 2 is 1.88 bits per heavy atom. The quantitative estimate of drug-likeness (QED) is 0.840. The number of nitrogens with zero attached hydrogens (tertiary/aromatic N) is 1. The summed E-state index contributed by atoms with van der Waals surface area (Å²) < 4.78 is 42.4. The van der Waals surface area contributed by atoms with Crippen LogP contribution in [0.3, 0.4) is 0 Å². The Kier molecular flexibility index (Phi) is 5.74. The van der Waals surface area contributed by atoms with Crippen molar-refractivity contribution in [2.75, 3.05) is 7.11 Å². The molecule has 0 bridgehead atoms. The van der Waals surface area contributed by atoms with Gasteiger partial charge in [-0.3, -0.25) is 9.78 Å². The molecule has 0 radical (unpaired) electrons. The summed E-state index contributed by atoms with van der Waals surface area (Å²) in [4.78, 5) is 27.8. The second-order valence-corrected chi connectivity index (χ2v) is 5.19. The van der Waals surface area contributed by atoms with Crippen molar-refractivity contribution in [3.8, 4) is 0 Å². The van der Waals surface area contributed by atoms with Gasteiger partial charge < -0.3 is 10.1 Å². The largest absolute Gasteiger partial charge is 0.467 e. The Balaban J connectivity index is 2.13. The number of amides is 1. The van der Waals surface area contributed by atoms with E-state index in [2.05, 4.69) is 15.0 Å². The minimum Gasteiger partial charge on any atom is -0.467 e. The Bertz CT molecular complexity index is 731. The van der Waals surface area contributed by atoms with Crippen LogP contribution in [0.2, 0.25) is 0 Å². The number of hydrogen-bond donors (Lipinski definition) is 1. The van der Waals surface area contributed by atoms with Crippen molar-refractivity contribution in [3.63, 3.8) is 0 Å². The maximum atomic E-state index is 12.6. The van der Waals surface area contributed by atoms with Gasteiger partial charge in [-0.25, -0.2) is 4.79 Å². The van der Waals surface area contributed by atoms with Crippen LogP contribution in [0.1, 0.15) is 21.5 Å². The van der Waals surface area contributed by atoms with E-state index in [1.54, 1.807) is 6.07 Å². The van der Waals surface area contributed by atoms with Gasteiger partial charge >= 0.3 is 12.1 Å². The monoisotopic (exact) mass is 352 g/mol. The number of nitrogens with one attached hydrogen (secondary N) is 1. The van der Waals surface area contributed by atoms with Crippen molar-refractivity contribution in [1.29, 1.82) is 0 Å². The highest BCUT2D eigenvalue weighted by atomic mass is 19.4. The molecule has 25 heavy (non-hydrogen) atoms. The number of benzene rings is 1. The third-order valence-electron chi connectivity index (χ3n) is 3.44. The summed E-state index contributed by atoms with van der Waals surface area (Å²) >= 11 is 0. The van der Waals surface area contributed by atoms with Gasteiger partial charge in [-0.1, -0.05) is 12.1 Å². The fraction of sp³-hybridized carbons (Fsp3) is 0.235. The van der Waals surface area contributed by atoms with Crippen LogP contribution in [-0.4, -0.2) is 30.0 Å². The molecule has 0 saturated heterocycles. The summed E-state index contributed by atoms with van der Waals surface area (Å²) in [7, 11) is 1.16. The number of esters is 1. The molecular formula is C17H15F3N2O3. The Morgan fingerprint density at radius 3 is 2.40 bits per heavy atom. The van der Waals surface area contributed by atoms with E-state index in [9.17, 15) is 22.8 Å². The number of carbonyl (C=O) groups is 2. The molecular weight excluding hydrogens is 337 g/mol. The van der Waals surface area contributed by atoms with Crippen LogP contribution >= 0.6 is 0 Å². The number of pyridine rings is 1. The minimum absolute atomic E-state index is 0.00316. The summed E-state index contributed by atoms with van der Waals surface area (Å²) in [5.74, 6) is -1.23. The highest BCUT2D eigenvalue weighted by Crippen LogP contribution is 2.29. The molecule has 2 aromatic rings. The van der Waals surface area contributed by atoms with Gasteiger partial charge in [0.25, 0.3) is 5.91 Å². The first-order valence-electron chi connectivity index (χ1n) is 7.26. The van der Waals surface area contributed by atoms with E-state index in [-0.39, 0.29) is 12.0 Å². The van der Waals surface area contributed by atoms with Crippen LogP contribution < -0.4 is 5.32 Å². The second kappa shape index (κ2) is 7.78. The van der Waals surface area contributed by atoms with Gasteiger partial charge in [0.1, 0.15) is 6.04 Å². The maximum Gasteiger partial charge on any atom is 0.416 e. The third-order valence-corrected chi connectivity index (χ3v) is 3.44. The molecule has 8 heteroatoms. The van der Waals surface area contributed by atoms with Gasteiger partial charge in [0.05, 0.1) is 18.2 Å². The minimum atomic E-state index is -4.44. The summed E-state index contributed by atoms with van der Waals surface area (Å²) in [6.45, 7) is 0. The number of aromatic nitrogens is 1. The van der Waals surface area contributed by atoms with E-state index in [0.29, 0.717) is 5.56 Å². The van der Waals surface area contributed by atoms with E-state index in [0.717, 1.165) is 19.2 Å². The Hall–Kier alpha value is -2.90. The molecule has 0 unspecified atom stereocenters. The first-order chi connectivity index (χ1) is 11.8. The number of alkyl halides is 3. The first kappa shape index (κ1) is 18.4. The SMILES string of the molecule is COC(=O)[C@H](Cc1ccc(C(F)(F)F)cc1)NC(=O)c1cccnc1. The average Bonchev–Trinajstić information content (AvgIpc) is 2.60. The van der Waals surface area contributed by atoms with Gasteiger partial charge in [-0.2, -0.15) is 13.2 Å². The highest BCUT2D eigenvalue weighted by molar-refractivity contribution is 5.96. The molecule has 2 rings (SSSR count). The van der Waals surface area contributed by atoms with Crippen molar-refractivity contribution in [3.05, 3.63) is 65.5 Å². The van der Waals surface area contributed by atoms with Crippen LogP contribution in [0.25, 0.3) is 0 Å². The molecule has 0 fully saturated rings. The van der Waals surface area contributed by atoms with Crippen molar-refractivity contribution in [1.82, 2.24) is 10.3 Å². The van der Waals surface area contributed by atoms with Gasteiger partial charge in [-0.15, -0.1) is 0 Å². The van der Waals surface area contributed by atoms with Crippen molar-refractivity contribution < 1.29 is 27.5 Å². The van der Waals surface area contributed by atoms with Crippen molar-refractivity contribution in [2.45, 2.75) is 18.6 Å². The van der Waals surface area contributed by atoms with Crippen LogP contribution in [0.5, 0.6) is 0 Å². The number of methoxy groups -OCH3 is 1. The zero-order valence-corrected chi connectivity index (χ0v) is 13.2. The molecule has 132 valence electrons. The van der Waals surface area contributed by atoms with E-state index < -0.39 is 29.7 Å². The lowest BCUT2D eigenvalue weighted by Crippen LogP contribution is -2.43. The van der Waals surface area contributed by atoms with Crippen LogP contribution in [0.15, 0.2) is 48.8 Å². The number of rotatable bonds is 5. The third kappa shape index (κ3) is 5.03. The normalized spacial score (nSPS) is 12.3. The summed E-state index contributed by atoms with van der Waals surface area (Å²) in [5.41, 5.74) is -0.0797.